The van der Waals surface area contributed by atoms with Gasteiger partial charge in [-0.3, -0.25) is 0 Å². The summed E-state index contributed by atoms with van der Waals surface area (Å²) in [5.74, 6) is -0.244. The number of halogens is 1. The second kappa shape index (κ2) is 5.78. The fourth-order valence-electron chi connectivity index (χ4n) is 1.96. The van der Waals surface area contributed by atoms with Gasteiger partial charge in [-0.25, -0.2) is 4.39 Å². The SMILES string of the molecule is Cc1ccc(CC(O)Cc2ccc(F)cc2)cc1. The molecule has 0 fully saturated rings. The summed E-state index contributed by atoms with van der Waals surface area (Å²) in [5.41, 5.74) is 3.29. The highest BCUT2D eigenvalue weighted by molar-refractivity contribution is 5.23. The van der Waals surface area contributed by atoms with Crippen LogP contribution < -0.4 is 0 Å². The van der Waals surface area contributed by atoms with Crippen molar-refractivity contribution in [2.75, 3.05) is 0 Å². The van der Waals surface area contributed by atoms with Crippen molar-refractivity contribution >= 4 is 0 Å². The highest BCUT2D eigenvalue weighted by Gasteiger charge is 2.07. The molecule has 2 aromatic carbocycles. The number of hydrogen-bond acceptors (Lipinski definition) is 1. The molecule has 0 spiro atoms. The number of hydrogen-bond donors (Lipinski definition) is 1. The van der Waals surface area contributed by atoms with Gasteiger partial charge in [0.25, 0.3) is 0 Å². The highest BCUT2D eigenvalue weighted by Crippen LogP contribution is 2.11. The fourth-order valence-corrected chi connectivity index (χ4v) is 1.96. The van der Waals surface area contributed by atoms with E-state index in [0.29, 0.717) is 12.8 Å². The van der Waals surface area contributed by atoms with Crippen LogP contribution in [0, 0.1) is 12.7 Å². The minimum Gasteiger partial charge on any atom is -0.392 e. The molecule has 0 aromatic heterocycles. The van der Waals surface area contributed by atoms with Crippen molar-refractivity contribution in [3.63, 3.8) is 0 Å². The van der Waals surface area contributed by atoms with Crippen molar-refractivity contribution in [3.05, 3.63) is 71.0 Å². The van der Waals surface area contributed by atoms with E-state index >= 15 is 0 Å². The monoisotopic (exact) mass is 244 g/mol. The normalized spacial score (nSPS) is 12.4. The molecule has 1 atom stereocenters. The van der Waals surface area contributed by atoms with E-state index in [1.807, 2.05) is 31.2 Å². The summed E-state index contributed by atoms with van der Waals surface area (Å²) in [4.78, 5) is 0. The van der Waals surface area contributed by atoms with Crippen molar-refractivity contribution in [2.24, 2.45) is 0 Å². The van der Waals surface area contributed by atoms with Gasteiger partial charge in [0.15, 0.2) is 0 Å². The van der Waals surface area contributed by atoms with Gasteiger partial charge in [-0.1, -0.05) is 42.0 Å². The zero-order valence-corrected chi connectivity index (χ0v) is 10.4. The Bertz CT molecular complexity index is 440. The van der Waals surface area contributed by atoms with Crippen LogP contribution in [0.15, 0.2) is 48.5 Å². The molecule has 2 rings (SSSR count). The number of aryl methyl sites for hydroxylation is 1. The van der Waals surface area contributed by atoms with Crippen LogP contribution >= 0.6 is 0 Å². The van der Waals surface area contributed by atoms with E-state index in [9.17, 15) is 9.50 Å². The predicted octanol–water partition coefficient (Wildman–Crippen LogP) is 3.28. The molecule has 0 radical (unpaired) electrons. The first-order valence-corrected chi connectivity index (χ1v) is 6.11. The molecule has 0 aliphatic heterocycles. The van der Waals surface area contributed by atoms with E-state index in [1.165, 1.54) is 17.7 Å². The summed E-state index contributed by atoms with van der Waals surface area (Å²) >= 11 is 0. The van der Waals surface area contributed by atoms with Crippen molar-refractivity contribution < 1.29 is 9.50 Å². The summed E-state index contributed by atoms with van der Waals surface area (Å²) in [6.45, 7) is 2.04. The lowest BCUT2D eigenvalue weighted by molar-refractivity contribution is 0.175. The van der Waals surface area contributed by atoms with E-state index < -0.39 is 6.10 Å². The van der Waals surface area contributed by atoms with Crippen LogP contribution in [0.25, 0.3) is 0 Å². The Morgan fingerprint density at radius 2 is 1.33 bits per heavy atom. The maximum Gasteiger partial charge on any atom is 0.123 e. The molecule has 1 unspecified atom stereocenters. The maximum absolute atomic E-state index is 12.7. The molecular weight excluding hydrogens is 227 g/mol. The number of benzene rings is 2. The van der Waals surface area contributed by atoms with Gasteiger partial charge in [-0.15, -0.1) is 0 Å². The maximum atomic E-state index is 12.7. The summed E-state index contributed by atoms with van der Waals surface area (Å²) < 4.78 is 12.7. The Hall–Kier alpha value is -1.67. The van der Waals surface area contributed by atoms with Crippen LogP contribution in [0.5, 0.6) is 0 Å². The standard InChI is InChI=1S/C16H17FO/c1-12-2-4-13(5-3-12)10-16(18)11-14-6-8-15(17)9-7-14/h2-9,16,18H,10-11H2,1H3. The zero-order valence-electron chi connectivity index (χ0n) is 10.4. The first-order chi connectivity index (χ1) is 8.63. The molecule has 1 nitrogen and oxygen atoms in total. The van der Waals surface area contributed by atoms with Gasteiger partial charge in [0, 0.05) is 0 Å². The summed E-state index contributed by atoms with van der Waals surface area (Å²) in [6, 6.07) is 14.4. The molecule has 0 bridgehead atoms. The fraction of sp³-hybridized carbons (Fsp3) is 0.250. The molecular formula is C16H17FO. The molecule has 2 heteroatoms. The van der Waals surface area contributed by atoms with Gasteiger partial charge in [0.2, 0.25) is 0 Å². The molecule has 0 heterocycles. The second-order valence-corrected chi connectivity index (χ2v) is 4.67. The Labute approximate surface area is 107 Å². The third-order valence-electron chi connectivity index (χ3n) is 2.98. The highest BCUT2D eigenvalue weighted by atomic mass is 19.1. The van der Waals surface area contributed by atoms with E-state index in [2.05, 4.69) is 0 Å². The lowest BCUT2D eigenvalue weighted by Gasteiger charge is -2.11. The van der Waals surface area contributed by atoms with E-state index in [-0.39, 0.29) is 5.82 Å². The van der Waals surface area contributed by atoms with Crippen LogP contribution in [0.1, 0.15) is 16.7 Å². The largest absolute Gasteiger partial charge is 0.392 e. The van der Waals surface area contributed by atoms with Gasteiger partial charge < -0.3 is 5.11 Å². The molecule has 0 amide bonds. The summed E-state index contributed by atoms with van der Waals surface area (Å²) in [7, 11) is 0. The number of aliphatic hydroxyl groups is 1. The summed E-state index contributed by atoms with van der Waals surface area (Å²) in [6.07, 6.45) is 0.740. The van der Waals surface area contributed by atoms with Crippen molar-refractivity contribution in [1.82, 2.24) is 0 Å². The topological polar surface area (TPSA) is 20.2 Å². The molecule has 0 saturated carbocycles. The second-order valence-electron chi connectivity index (χ2n) is 4.67. The van der Waals surface area contributed by atoms with Crippen molar-refractivity contribution in [1.29, 1.82) is 0 Å². The molecule has 0 aliphatic carbocycles. The van der Waals surface area contributed by atoms with E-state index in [0.717, 1.165) is 11.1 Å². The van der Waals surface area contributed by atoms with Gasteiger partial charge in [-0.05, 0) is 43.0 Å². The lowest BCUT2D eigenvalue weighted by atomic mass is 10.0. The number of rotatable bonds is 4. The van der Waals surface area contributed by atoms with E-state index in [1.54, 1.807) is 12.1 Å². The zero-order chi connectivity index (χ0) is 13.0. The van der Waals surface area contributed by atoms with Crippen LogP contribution in [-0.4, -0.2) is 11.2 Å². The van der Waals surface area contributed by atoms with Crippen molar-refractivity contribution in [2.45, 2.75) is 25.9 Å². The minimum atomic E-state index is -0.432. The molecule has 18 heavy (non-hydrogen) atoms. The Morgan fingerprint density at radius 3 is 1.83 bits per heavy atom. The minimum absolute atomic E-state index is 0.244. The molecule has 0 saturated heterocycles. The number of aliphatic hydroxyl groups excluding tert-OH is 1. The van der Waals surface area contributed by atoms with Gasteiger partial charge in [0.1, 0.15) is 5.82 Å². The molecule has 2 aromatic rings. The van der Waals surface area contributed by atoms with Crippen LogP contribution in [0.2, 0.25) is 0 Å². The van der Waals surface area contributed by atoms with Crippen molar-refractivity contribution in [3.8, 4) is 0 Å². The van der Waals surface area contributed by atoms with Crippen LogP contribution in [0.4, 0.5) is 4.39 Å². The first kappa shape index (κ1) is 12.8. The molecule has 1 N–H and O–H groups in total. The van der Waals surface area contributed by atoms with Gasteiger partial charge in [-0.2, -0.15) is 0 Å². The Kier molecular flexibility index (Phi) is 4.11. The smallest absolute Gasteiger partial charge is 0.123 e. The average molecular weight is 244 g/mol. The quantitative estimate of drug-likeness (QED) is 0.875. The van der Waals surface area contributed by atoms with Crippen LogP contribution in [-0.2, 0) is 12.8 Å². The van der Waals surface area contributed by atoms with Gasteiger partial charge in [0.05, 0.1) is 6.10 Å². The third kappa shape index (κ3) is 3.67. The average Bonchev–Trinajstić information content (AvgIpc) is 2.35. The Morgan fingerprint density at radius 1 is 0.889 bits per heavy atom. The Balaban J connectivity index is 1.94. The lowest BCUT2D eigenvalue weighted by Crippen LogP contribution is -2.13. The summed E-state index contributed by atoms with van der Waals surface area (Å²) in [5, 5.41) is 10.0. The first-order valence-electron chi connectivity index (χ1n) is 6.11. The molecule has 94 valence electrons. The predicted molar refractivity (Wildman–Crippen MR) is 71.0 cm³/mol. The third-order valence-corrected chi connectivity index (χ3v) is 2.98. The van der Waals surface area contributed by atoms with Crippen LogP contribution in [0.3, 0.4) is 0 Å². The molecule has 0 aliphatic rings. The van der Waals surface area contributed by atoms with E-state index in [4.69, 9.17) is 0 Å². The van der Waals surface area contributed by atoms with Gasteiger partial charge >= 0.3 is 0 Å².